The molecule has 1 heterocycles. The van der Waals surface area contributed by atoms with E-state index in [-0.39, 0.29) is 0 Å². The zero-order chi connectivity index (χ0) is 12.8. The lowest BCUT2D eigenvalue weighted by atomic mass is 10.3. The van der Waals surface area contributed by atoms with Gasteiger partial charge in [0.2, 0.25) is 10.5 Å². The molecule has 98 valence electrons. The number of aromatic nitrogens is 1. The molecule has 0 saturated carbocycles. The van der Waals surface area contributed by atoms with E-state index in [0.29, 0.717) is 0 Å². The van der Waals surface area contributed by atoms with Gasteiger partial charge < -0.3 is 0 Å². The third-order valence-electron chi connectivity index (χ3n) is 2.73. The summed E-state index contributed by atoms with van der Waals surface area (Å²) in [5, 5.41) is 12.8. The zero-order valence-corrected chi connectivity index (χ0v) is 11.8. The van der Waals surface area contributed by atoms with Crippen LogP contribution < -0.4 is 4.57 Å². The molecule has 1 aromatic heterocycles. The van der Waals surface area contributed by atoms with Gasteiger partial charge in [-0.3, -0.25) is 0 Å². The average molecular weight is 286 g/mol. The second kappa shape index (κ2) is 7.06. The summed E-state index contributed by atoms with van der Waals surface area (Å²) < 4.78 is 8.02. The smallest absolute Gasteiger partial charge is 0.220 e. The van der Waals surface area contributed by atoms with E-state index in [9.17, 15) is 0 Å². The highest BCUT2D eigenvalue weighted by Crippen LogP contribution is 2.19. The summed E-state index contributed by atoms with van der Waals surface area (Å²) in [6, 6.07) is 8.47. The molecular weight excluding hydrogens is 270 g/mol. The van der Waals surface area contributed by atoms with Crippen LogP contribution in [0.2, 0.25) is 0 Å². The van der Waals surface area contributed by atoms with Crippen LogP contribution in [0, 0.1) is 6.92 Å². The number of aryl methyl sites for hydroxylation is 2. The first-order chi connectivity index (χ1) is 8.83. The van der Waals surface area contributed by atoms with E-state index >= 15 is 0 Å². The van der Waals surface area contributed by atoms with E-state index in [2.05, 4.69) is 45.1 Å². The van der Waals surface area contributed by atoms with Gasteiger partial charge >= 0.3 is 0 Å². The van der Waals surface area contributed by atoms with Crippen LogP contribution in [0.25, 0.3) is 10.2 Å². The standard InChI is InChI=1S/C12H15NO3S2/c1-10-13(8-4-5-9-17-16-15-14)11-6-2-3-7-12(11)18-10/h2-3,6-7H,4-5,8-9H2,1H3/p+1. The molecule has 0 unspecified atom stereocenters. The number of fused-ring (bicyclic) bond motifs is 1. The first-order valence-electron chi connectivity index (χ1n) is 5.80. The number of thiazole rings is 1. The largest absolute Gasteiger partial charge is 0.235 e. The van der Waals surface area contributed by atoms with E-state index in [1.165, 1.54) is 15.2 Å². The Hall–Kier alpha value is -0.660. The van der Waals surface area contributed by atoms with Crippen molar-refractivity contribution in [3.05, 3.63) is 29.3 Å². The summed E-state index contributed by atoms with van der Waals surface area (Å²) >= 11 is 2.95. The number of rotatable bonds is 7. The number of para-hydroxylation sites is 1. The summed E-state index contributed by atoms with van der Waals surface area (Å²) in [4.78, 5) is 0. The zero-order valence-electron chi connectivity index (χ0n) is 10.2. The third-order valence-corrected chi connectivity index (χ3v) is 4.43. The molecule has 0 aliphatic heterocycles. The Morgan fingerprint density at radius 3 is 3.00 bits per heavy atom. The topological polar surface area (TPSA) is 42.6 Å². The third kappa shape index (κ3) is 3.43. The van der Waals surface area contributed by atoms with Gasteiger partial charge in [0.25, 0.3) is 0 Å². The molecule has 4 nitrogen and oxygen atoms in total. The normalized spacial score (nSPS) is 11.2. The van der Waals surface area contributed by atoms with Crippen molar-refractivity contribution in [2.45, 2.75) is 26.3 Å². The maximum absolute atomic E-state index is 7.98. The molecule has 0 fully saturated rings. The Kier molecular flexibility index (Phi) is 5.40. The van der Waals surface area contributed by atoms with E-state index in [0.717, 1.165) is 37.2 Å². The van der Waals surface area contributed by atoms with Crippen molar-refractivity contribution in [3.63, 3.8) is 0 Å². The molecule has 0 bridgehead atoms. The second-order valence-electron chi connectivity index (χ2n) is 3.91. The van der Waals surface area contributed by atoms with Crippen molar-refractivity contribution >= 4 is 33.6 Å². The van der Waals surface area contributed by atoms with E-state index in [1.54, 1.807) is 0 Å². The predicted octanol–water partition coefficient (Wildman–Crippen LogP) is 3.35. The van der Waals surface area contributed by atoms with Gasteiger partial charge in [-0.15, -0.1) is 4.33 Å². The molecule has 6 heteroatoms. The van der Waals surface area contributed by atoms with Crippen LogP contribution in [0.15, 0.2) is 24.3 Å². The SMILES string of the molecule is Cc1sc2ccccc2[n+]1CCCCSOOO. The Morgan fingerprint density at radius 2 is 2.17 bits per heavy atom. The van der Waals surface area contributed by atoms with E-state index in [4.69, 9.17) is 5.26 Å². The number of hydrogen-bond donors (Lipinski definition) is 1. The number of unbranched alkanes of at least 4 members (excludes halogenated alkanes) is 1. The summed E-state index contributed by atoms with van der Waals surface area (Å²) in [7, 11) is 0. The van der Waals surface area contributed by atoms with Crippen LogP contribution >= 0.6 is 23.4 Å². The van der Waals surface area contributed by atoms with Gasteiger partial charge in [-0.1, -0.05) is 28.5 Å². The Labute approximate surface area is 114 Å². The van der Waals surface area contributed by atoms with Crippen molar-refractivity contribution in [1.82, 2.24) is 0 Å². The summed E-state index contributed by atoms with van der Waals surface area (Å²) in [5.41, 5.74) is 1.31. The molecule has 0 aliphatic carbocycles. The van der Waals surface area contributed by atoms with Gasteiger partial charge in [0.15, 0.2) is 0 Å². The van der Waals surface area contributed by atoms with Gasteiger partial charge in [-0.05, 0) is 12.5 Å². The lowest BCUT2D eigenvalue weighted by Crippen LogP contribution is -2.34. The monoisotopic (exact) mass is 286 g/mol. The molecule has 18 heavy (non-hydrogen) atoms. The number of nitrogens with zero attached hydrogens (tertiary/aromatic N) is 1. The molecule has 2 aromatic rings. The maximum Gasteiger partial charge on any atom is 0.235 e. The van der Waals surface area contributed by atoms with Crippen LogP contribution in [0.5, 0.6) is 0 Å². The van der Waals surface area contributed by atoms with Gasteiger partial charge in [-0.25, -0.2) is 5.26 Å². The molecule has 0 saturated heterocycles. The number of hydrogen-bond acceptors (Lipinski definition) is 5. The predicted molar refractivity (Wildman–Crippen MR) is 73.2 cm³/mol. The molecule has 1 aromatic carbocycles. The van der Waals surface area contributed by atoms with Crippen LogP contribution in [-0.2, 0) is 15.9 Å². The minimum absolute atomic E-state index is 0.808. The molecule has 0 spiro atoms. The van der Waals surface area contributed by atoms with Crippen LogP contribution in [0.1, 0.15) is 17.8 Å². The second-order valence-corrected chi connectivity index (χ2v) is 5.93. The van der Waals surface area contributed by atoms with Gasteiger partial charge in [0.1, 0.15) is 11.2 Å². The first-order valence-corrected chi connectivity index (χ1v) is 7.53. The van der Waals surface area contributed by atoms with Crippen molar-refractivity contribution in [2.24, 2.45) is 0 Å². The Morgan fingerprint density at radius 1 is 1.33 bits per heavy atom. The van der Waals surface area contributed by atoms with Crippen LogP contribution in [0.4, 0.5) is 0 Å². The Bertz CT molecular complexity index is 501. The Balaban J connectivity index is 1.89. The maximum atomic E-state index is 7.98. The minimum Gasteiger partial charge on any atom is -0.220 e. The van der Waals surface area contributed by atoms with Crippen molar-refractivity contribution in [2.75, 3.05) is 5.75 Å². The summed E-state index contributed by atoms with van der Waals surface area (Å²) in [5.74, 6) is 0.808. The molecule has 0 amide bonds. The van der Waals surface area contributed by atoms with Crippen molar-refractivity contribution in [1.29, 1.82) is 0 Å². The fourth-order valence-corrected chi connectivity index (χ4v) is 3.40. The molecule has 0 atom stereocenters. The highest BCUT2D eigenvalue weighted by Gasteiger charge is 2.15. The van der Waals surface area contributed by atoms with Crippen LogP contribution in [-0.4, -0.2) is 11.0 Å². The van der Waals surface area contributed by atoms with E-state index < -0.39 is 0 Å². The fraction of sp³-hybridized carbons (Fsp3) is 0.417. The highest BCUT2D eigenvalue weighted by molar-refractivity contribution is 7.94. The van der Waals surface area contributed by atoms with Gasteiger partial charge in [-0.2, -0.15) is 4.57 Å². The molecule has 1 N–H and O–H groups in total. The fourth-order valence-electron chi connectivity index (χ4n) is 1.91. The number of benzene rings is 1. The molecule has 0 radical (unpaired) electrons. The van der Waals surface area contributed by atoms with E-state index in [1.807, 2.05) is 11.3 Å². The first kappa shape index (κ1) is 13.8. The van der Waals surface area contributed by atoms with Crippen molar-refractivity contribution in [3.8, 4) is 0 Å². The highest BCUT2D eigenvalue weighted by atomic mass is 32.2. The van der Waals surface area contributed by atoms with Crippen molar-refractivity contribution < 1.29 is 19.2 Å². The minimum atomic E-state index is 0.808. The average Bonchev–Trinajstić information content (AvgIpc) is 2.70. The summed E-state index contributed by atoms with van der Waals surface area (Å²) in [6.07, 6.45) is 2.10. The lowest BCUT2D eigenvalue weighted by molar-refractivity contribution is -0.673. The van der Waals surface area contributed by atoms with Gasteiger partial charge in [0, 0.05) is 37.2 Å². The molecule has 0 aliphatic rings. The molecular formula is C12H16NO3S2+. The van der Waals surface area contributed by atoms with Gasteiger partial charge in [0.05, 0.1) is 0 Å². The molecule has 2 rings (SSSR count). The quantitative estimate of drug-likeness (QED) is 0.279. The lowest BCUT2D eigenvalue weighted by Gasteiger charge is -1.98. The van der Waals surface area contributed by atoms with Crippen LogP contribution in [0.3, 0.4) is 0 Å². The summed E-state index contributed by atoms with van der Waals surface area (Å²) in [6.45, 7) is 3.17.